The van der Waals surface area contributed by atoms with Gasteiger partial charge in [0.15, 0.2) is 0 Å². The van der Waals surface area contributed by atoms with Crippen LogP contribution in [0, 0.1) is 0 Å². The zero-order valence-electron chi connectivity index (χ0n) is 11.6. The van der Waals surface area contributed by atoms with Crippen molar-refractivity contribution in [3.8, 4) is 5.75 Å². The number of phenolic OH excluding ortho intramolecular Hbond substituents is 1. The molecule has 0 aromatic heterocycles. The Hall–Kier alpha value is -0.864. The molecule has 0 spiro atoms. The average molecular weight is 304 g/mol. The van der Waals surface area contributed by atoms with Crippen molar-refractivity contribution < 1.29 is 24.5 Å². The van der Waals surface area contributed by atoms with E-state index < -0.39 is 18.0 Å². The SMILES string of the molecule is COC(=O)/C=C(\C)NC(C(=O)O)c1ccc(O)cc1.[K]. The molecular formula is C13H15KNO5. The van der Waals surface area contributed by atoms with Gasteiger partial charge in [-0.05, 0) is 24.6 Å². The molecule has 0 saturated heterocycles. The molecular weight excluding hydrogens is 289 g/mol. The number of aliphatic carboxylic acids is 1. The molecule has 1 atom stereocenters. The molecule has 1 aromatic carbocycles. The third-order valence-corrected chi connectivity index (χ3v) is 2.38. The molecule has 103 valence electrons. The summed E-state index contributed by atoms with van der Waals surface area (Å²) in [5.41, 5.74) is 0.829. The Kier molecular flexibility index (Phi) is 8.75. The number of benzene rings is 1. The number of ether oxygens (including phenoxy) is 1. The van der Waals surface area contributed by atoms with E-state index in [2.05, 4.69) is 10.1 Å². The quantitative estimate of drug-likeness (QED) is 0.423. The smallest absolute Gasteiger partial charge is 0.332 e. The molecule has 6 nitrogen and oxygen atoms in total. The Morgan fingerprint density at radius 3 is 2.30 bits per heavy atom. The summed E-state index contributed by atoms with van der Waals surface area (Å²) < 4.78 is 4.45. The Bertz CT molecular complexity index is 498. The van der Waals surface area contributed by atoms with E-state index in [-0.39, 0.29) is 57.1 Å². The molecule has 3 N–H and O–H groups in total. The molecule has 1 aromatic rings. The molecule has 0 saturated carbocycles. The molecule has 20 heavy (non-hydrogen) atoms. The van der Waals surface area contributed by atoms with E-state index >= 15 is 0 Å². The van der Waals surface area contributed by atoms with Crippen LogP contribution < -0.4 is 5.32 Å². The van der Waals surface area contributed by atoms with Crippen molar-refractivity contribution >= 4 is 63.3 Å². The van der Waals surface area contributed by atoms with Crippen LogP contribution in [0.2, 0.25) is 0 Å². The van der Waals surface area contributed by atoms with Crippen molar-refractivity contribution in [1.29, 1.82) is 0 Å². The van der Waals surface area contributed by atoms with E-state index in [0.29, 0.717) is 11.3 Å². The summed E-state index contributed by atoms with van der Waals surface area (Å²) in [6.07, 6.45) is 1.16. The zero-order valence-corrected chi connectivity index (χ0v) is 14.7. The molecule has 1 unspecified atom stereocenters. The van der Waals surface area contributed by atoms with Gasteiger partial charge in [-0.2, -0.15) is 0 Å². The number of carboxylic acids is 1. The van der Waals surface area contributed by atoms with E-state index in [0.717, 1.165) is 6.08 Å². The fraction of sp³-hybridized carbons (Fsp3) is 0.231. The molecule has 0 heterocycles. The molecule has 0 bridgehead atoms. The molecule has 0 amide bonds. The number of methoxy groups -OCH3 is 1. The van der Waals surface area contributed by atoms with Crippen LogP contribution in [0.1, 0.15) is 18.5 Å². The minimum atomic E-state index is -1.09. The van der Waals surface area contributed by atoms with Gasteiger partial charge >= 0.3 is 11.9 Å². The summed E-state index contributed by atoms with van der Waals surface area (Å²) in [5.74, 6) is -1.61. The van der Waals surface area contributed by atoms with E-state index in [1.54, 1.807) is 6.92 Å². The third-order valence-electron chi connectivity index (χ3n) is 2.38. The minimum absolute atomic E-state index is 0. The van der Waals surface area contributed by atoms with Gasteiger partial charge in [-0.1, -0.05) is 12.1 Å². The van der Waals surface area contributed by atoms with Gasteiger partial charge < -0.3 is 20.3 Å². The Labute approximate surface area is 159 Å². The second kappa shape index (κ2) is 9.14. The van der Waals surface area contributed by atoms with Gasteiger partial charge in [0.1, 0.15) is 11.8 Å². The predicted octanol–water partition coefficient (Wildman–Crippen LogP) is 0.803. The average Bonchev–Trinajstić information content (AvgIpc) is 2.36. The molecule has 1 rings (SSSR count). The number of carbonyl (C=O) groups is 2. The number of hydrogen-bond donors (Lipinski definition) is 3. The maximum absolute atomic E-state index is 11.2. The fourth-order valence-corrected chi connectivity index (χ4v) is 1.46. The van der Waals surface area contributed by atoms with Crippen LogP contribution in [0.3, 0.4) is 0 Å². The summed E-state index contributed by atoms with van der Waals surface area (Å²) >= 11 is 0. The first-order chi connectivity index (χ1) is 8.93. The Morgan fingerprint density at radius 1 is 1.30 bits per heavy atom. The van der Waals surface area contributed by atoms with Gasteiger partial charge in [-0.15, -0.1) is 0 Å². The number of phenols is 1. The number of hydrogen-bond acceptors (Lipinski definition) is 5. The number of aromatic hydroxyl groups is 1. The number of carbonyl (C=O) groups excluding carboxylic acids is 1. The second-order valence-electron chi connectivity index (χ2n) is 3.86. The van der Waals surface area contributed by atoms with Crippen molar-refractivity contribution in [3.63, 3.8) is 0 Å². The number of nitrogens with one attached hydrogen (secondary N) is 1. The molecule has 0 aliphatic carbocycles. The molecule has 0 aliphatic heterocycles. The molecule has 7 heteroatoms. The Morgan fingerprint density at radius 2 is 1.85 bits per heavy atom. The second-order valence-corrected chi connectivity index (χ2v) is 3.86. The van der Waals surface area contributed by atoms with E-state index in [9.17, 15) is 9.59 Å². The van der Waals surface area contributed by atoms with E-state index in [1.165, 1.54) is 31.4 Å². The third kappa shape index (κ3) is 6.06. The summed E-state index contributed by atoms with van der Waals surface area (Å²) in [7, 11) is 1.24. The molecule has 0 aliphatic rings. The van der Waals surface area contributed by atoms with Crippen molar-refractivity contribution in [1.82, 2.24) is 5.32 Å². The first-order valence-corrected chi connectivity index (χ1v) is 5.48. The summed E-state index contributed by atoms with van der Waals surface area (Å²) in [5, 5.41) is 21.0. The van der Waals surface area contributed by atoms with Gasteiger partial charge in [-0.3, -0.25) is 0 Å². The van der Waals surface area contributed by atoms with Crippen LogP contribution in [0.4, 0.5) is 0 Å². The van der Waals surface area contributed by atoms with Crippen molar-refractivity contribution in [2.24, 2.45) is 0 Å². The predicted molar refractivity (Wildman–Crippen MR) is 73.1 cm³/mol. The number of esters is 1. The van der Waals surface area contributed by atoms with Gasteiger partial charge in [0, 0.05) is 63.2 Å². The van der Waals surface area contributed by atoms with Gasteiger partial charge in [0.05, 0.1) is 7.11 Å². The van der Waals surface area contributed by atoms with Gasteiger partial charge in [0.2, 0.25) is 0 Å². The fourth-order valence-electron chi connectivity index (χ4n) is 1.46. The van der Waals surface area contributed by atoms with Crippen LogP contribution in [-0.4, -0.2) is 80.6 Å². The summed E-state index contributed by atoms with van der Waals surface area (Å²) in [4.78, 5) is 22.2. The van der Waals surface area contributed by atoms with Crippen LogP contribution >= 0.6 is 0 Å². The first kappa shape index (κ1) is 19.1. The normalized spacial score (nSPS) is 12.0. The van der Waals surface area contributed by atoms with Crippen LogP contribution in [0.25, 0.3) is 0 Å². The minimum Gasteiger partial charge on any atom is -0.508 e. The van der Waals surface area contributed by atoms with Crippen molar-refractivity contribution in [2.45, 2.75) is 13.0 Å². The van der Waals surface area contributed by atoms with Gasteiger partial charge in [0.25, 0.3) is 0 Å². The topological polar surface area (TPSA) is 95.9 Å². The van der Waals surface area contributed by atoms with E-state index in [4.69, 9.17) is 10.2 Å². The largest absolute Gasteiger partial charge is 0.508 e. The standard InChI is InChI=1S/C13H15NO5.K/c1-8(7-11(16)19-2)14-12(13(17)18)9-3-5-10(15)6-4-9;/h3-7,12,14-15H,1-2H3,(H,17,18);/b8-7+;. The van der Waals surface area contributed by atoms with E-state index in [1.807, 2.05) is 0 Å². The molecule has 1 radical (unpaired) electrons. The maximum atomic E-state index is 11.2. The van der Waals surface area contributed by atoms with Crippen LogP contribution in [0.15, 0.2) is 36.0 Å². The zero-order chi connectivity index (χ0) is 14.4. The summed E-state index contributed by atoms with van der Waals surface area (Å²) in [6, 6.07) is 4.76. The Balaban J connectivity index is 0.00000361. The number of rotatable bonds is 5. The molecule has 0 fully saturated rings. The van der Waals surface area contributed by atoms with Crippen LogP contribution in [-0.2, 0) is 14.3 Å². The number of allylic oxidation sites excluding steroid dienone is 1. The van der Waals surface area contributed by atoms with Crippen molar-refractivity contribution in [3.05, 3.63) is 41.6 Å². The monoisotopic (exact) mass is 304 g/mol. The van der Waals surface area contributed by atoms with Crippen molar-refractivity contribution in [2.75, 3.05) is 7.11 Å². The van der Waals surface area contributed by atoms with Gasteiger partial charge in [-0.25, -0.2) is 9.59 Å². The van der Waals surface area contributed by atoms with Crippen LogP contribution in [0.5, 0.6) is 5.75 Å². The maximum Gasteiger partial charge on any atom is 0.332 e. The summed E-state index contributed by atoms with van der Waals surface area (Å²) in [6.45, 7) is 1.56. The first-order valence-electron chi connectivity index (χ1n) is 5.48. The number of carboxylic acid groups (broad SMARTS) is 1.